The summed E-state index contributed by atoms with van der Waals surface area (Å²) < 4.78 is 6.38. The number of aromatic nitrogens is 1. The van der Waals surface area contributed by atoms with Gasteiger partial charge in [-0.25, -0.2) is 4.98 Å². The molecule has 3 heterocycles. The standard InChI is InChI=1S/C18H13ClN2O2S2/c19-12-5-6-15-16(9-12)25-18(20-15)21(11-13-3-1-7-23-13)17(22)10-14-4-2-8-24-14/h1-9H,10-11H2. The third-order valence-corrected chi connectivity index (χ3v) is 5.82. The van der Waals surface area contributed by atoms with Crippen LogP contribution in [0.15, 0.2) is 58.5 Å². The Morgan fingerprint density at radius 3 is 2.92 bits per heavy atom. The monoisotopic (exact) mass is 388 g/mol. The molecular formula is C18H13ClN2O2S2. The zero-order valence-electron chi connectivity index (χ0n) is 13.0. The van der Waals surface area contributed by atoms with Crippen molar-refractivity contribution >= 4 is 55.5 Å². The zero-order valence-corrected chi connectivity index (χ0v) is 15.4. The van der Waals surface area contributed by atoms with Crippen molar-refractivity contribution < 1.29 is 9.21 Å². The number of halogens is 1. The molecule has 0 fully saturated rings. The maximum absolute atomic E-state index is 12.9. The number of nitrogens with zero attached hydrogens (tertiary/aromatic N) is 2. The number of hydrogen-bond donors (Lipinski definition) is 0. The van der Waals surface area contributed by atoms with Crippen LogP contribution in [0.25, 0.3) is 10.2 Å². The molecule has 1 aromatic carbocycles. The number of thiazole rings is 1. The molecule has 0 spiro atoms. The SMILES string of the molecule is O=C(Cc1cccs1)N(Cc1ccco1)c1nc2ccc(Cl)cc2s1. The van der Waals surface area contributed by atoms with Crippen molar-refractivity contribution in [1.82, 2.24) is 4.98 Å². The van der Waals surface area contributed by atoms with Crippen LogP contribution in [0.4, 0.5) is 5.13 Å². The number of carbonyl (C=O) groups excluding carboxylic acids is 1. The number of amides is 1. The molecular weight excluding hydrogens is 376 g/mol. The average molecular weight is 389 g/mol. The summed E-state index contributed by atoms with van der Waals surface area (Å²) in [6, 6.07) is 13.1. The predicted molar refractivity (Wildman–Crippen MR) is 103 cm³/mol. The quantitative estimate of drug-likeness (QED) is 0.461. The van der Waals surface area contributed by atoms with Gasteiger partial charge in [0.15, 0.2) is 5.13 Å². The van der Waals surface area contributed by atoms with Crippen molar-refractivity contribution in [2.24, 2.45) is 0 Å². The first-order valence-electron chi connectivity index (χ1n) is 7.60. The molecule has 0 atom stereocenters. The number of thiophene rings is 1. The van der Waals surface area contributed by atoms with E-state index in [4.69, 9.17) is 16.0 Å². The van der Waals surface area contributed by atoms with Gasteiger partial charge in [-0.3, -0.25) is 9.69 Å². The second kappa shape index (κ2) is 7.00. The van der Waals surface area contributed by atoms with Crippen LogP contribution >= 0.6 is 34.3 Å². The Balaban J connectivity index is 1.68. The van der Waals surface area contributed by atoms with Gasteiger partial charge in [0.1, 0.15) is 5.76 Å². The fraction of sp³-hybridized carbons (Fsp3) is 0.111. The summed E-state index contributed by atoms with van der Waals surface area (Å²) in [7, 11) is 0. The Labute approximate surface area is 157 Å². The van der Waals surface area contributed by atoms with Crippen molar-refractivity contribution in [2.45, 2.75) is 13.0 Å². The largest absolute Gasteiger partial charge is 0.467 e. The lowest BCUT2D eigenvalue weighted by molar-refractivity contribution is -0.118. The van der Waals surface area contributed by atoms with E-state index in [1.54, 1.807) is 28.6 Å². The summed E-state index contributed by atoms with van der Waals surface area (Å²) in [5, 5.41) is 3.28. The Kier molecular flexibility index (Phi) is 4.57. The summed E-state index contributed by atoms with van der Waals surface area (Å²) in [6.07, 6.45) is 1.95. The van der Waals surface area contributed by atoms with Gasteiger partial charge in [-0.1, -0.05) is 29.0 Å². The van der Waals surface area contributed by atoms with Gasteiger partial charge < -0.3 is 4.42 Å². The summed E-state index contributed by atoms with van der Waals surface area (Å²) in [6.45, 7) is 0.352. The fourth-order valence-electron chi connectivity index (χ4n) is 2.48. The number of fused-ring (bicyclic) bond motifs is 1. The number of carbonyl (C=O) groups is 1. The summed E-state index contributed by atoms with van der Waals surface area (Å²) in [4.78, 5) is 20.2. The molecule has 0 aliphatic carbocycles. The van der Waals surface area contributed by atoms with Crippen molar-refractivity contribution in [1.29, 1.82) is 0 Å². The molecule has 3 aromatic heterocycles. The molecule has 126 valence electrons. The minimum Gasteiger partial charge on any atom is -0.467 e. The molecule has 0 radical (unpaired) electrons. The van der Waals surface area contributed by atoms with Crippen molar-refractivity contribution in [3.05, 3.63) is 69.8 Å². The lowest BCUT2D eigenvalue weighted by atomic mass is 10.3. The van der Waals surface area contributed by atoms with E-state index in [-0.39, 0.29) is 5.91 Å². The summed E-state index contributed by atoms with van der Waals surface area (Å²) in [5.74, 6) is 0.709. The maximum Gasteiger partial charge on any atom is 0.234 e. The van der Waals surface area contributed by atoms with Crippen molar-refractivity contribution in [3.63, 3.8) is 0 Å². The Morgan fingerprint density at radius 1 is 1.24 bits per heavy atom. The van der Waals surface area contributed by atoms with Crippen LogP contribution in [0.1, 0.15) is 10.6 Å². The molecule has 0 bridgehead atoms. The molecule has 25 heavy (non-hydrogen) atoms. The molecule has 0 unspecified atom stereocenters. The van der Waals surface area contributed by atoms with Crippen LogP contribution in [-0.4, -0.2) is 10.9 Å². The molecule has 4 rings (SSSR count). The van der Waals surface area contributed by atoms with Gasteiger partial charge in [0.25, 0.3) is 0 Å². The molecule has 4 aromatic rings. The van der Waals surface area contributed by atoms with Gasteiger partial charge in [-0.05, 0) is 41.8 Å². The van der Waals surface area contributed by atoms with Gasteiger partial charge in [-0.2, -0.15) is 0 Å². The Hall–Kier alpha value is -2.15. The van der Waals surface area contributed by atoms with E-state index in [0.29, 0.717) is 23.1 Å². The van der Waals surface area contributed by atoms with Crippen LogP contribution in [0.3, 0.4) is 0 Å². The molecule has 7 heteroatoms. The van der Waals surface area contributed by atoms with E-state index in [1.165, 1.54) is 11.3 Å². The molecule has 4 nitrogen and oxygen atoms in total. The minimum atomic E-state index is -0.0102. The second-order valence-electron chi connectivity index (χ2n) is 5.42. The maximum atomic E-state index is 12.9. The van der Waals surface area contributed by atoms with E-state index in [9.17, 15) is 4.79 Å². The van der Waals surface area contributed by atoms with Gasteiger partial charge in [-0.15, -0.1) is 11.3 Å². The van der Waals surface area contributed by atoms with Gasteiger partial charge in [0.2, 0.25) is 5.91 Å². The van der Waals surface area contributed by atoms with E-state index in [1.807, 2.05) is 41.8 Å². The average Bonchev–Trinajstić information content (AvgIpc) is 3.33. The number of benzene rings is 1. The number of hydrogen-bond acceptors (Lipinski definition) is 5. The van der Waals surface area contributed by atoms with Crippen molar-refractivity contribution in [3.8, 4) is 0 Å². The predicted octanol–water partition coefficient (Wildman–Crippen LogP) is 5.38. The highest BCUT2D eigenvalue weighted by atomic mass is 35.5. The number of anilines is 1. The molecule has 1 amide bonds. The normalized spacial score (nSPS) is 11.1. The summed E-state index contributed by atoms with van der Waals surface area (Å²) in [5.41, 5.74) is 0.831. The van der Waals surface area contributed by atoms with Gasteiger partial charge in [0.05, 0.1) is 29.4 Å². The lowest BCUT2D eigenvalue weighted by Crippen LogP contribution is -2.31. The summed E-state index contributed by atoms with van der Waals surface area (Å²) >= 11 is 9.09. The third kappa shape index (κ3) is 3.61. The Bertz CT molecular complexity index is 994. The van der Waals surface area contributed by atoms with E-state index in [2.05, 4.69) is 4.98 Å². The third-order valence-electron chi connectivity index (χ3n) is 3.67. The van der Waals surface area contributed by atoms with E-state index < -0.39 is 0 Å². The highest BCUT2D eigenvalue weighted by Gasteiger charge is 2.22. The van der Waals surface area contributed by atoms with Crippen LogP contribution in [0.2, 0.25) is 5.02 Å². The smallest absolute Gasteiger partial charge is 0.234 e. The van der Waals surface area contributed by atoms with E-state index >= 15 is 0 Å². The second-order valence-corrected chi connectivity index (χ2v) is 7.90. The topological polar surface area (TPSA) is 46.3 Å². The molecule has 0 N–H and O–H groups in total. The van der Waals surface area contributed by atoms with Crippen molar-refractivity contribution in [2.75, 3.05) is 4.90 Å². The minimum absolute atomic E-state index is 0.0102. The van der Waals surface area contributed by atoms with E-state index in [0.717, 1.165) is 20.9 Å². The fourth-order valence-corrected chi connectivity index (χ4v) is 4.43. The highest BCUT2D eigenvalue weighted by molar-refractivity contribution is 7.22. The molecule has 0 aliphatic heterocycles. The van der Waals surface area contributed by atoms with Gasteiger partial charge in [0, 0.05) is 9.90 Å². The van der Waals surface area contributed by atoms with Crippen LogP contribution in [-0.2, 0) is 17.8 Å². The molecule has 0 saturated heterocycles. The lowest BCUT2D eigenvalue weighted by Gasteiger charge is -2.18. The molecule has 0 saturated carbocycles. The van der Waals surface area contributed by atoms with Crippen LogP contribution in [0, 0.1) is 0 Å². The van der Waals surface area contributed by atoms with Crippen LogP contribution < -0.4 is 4.90 Å². The zero-order chi connectivity index (χ0) is 17.2. The molecule has 0 aliphatic rings. The number of furan rings is 1. The Morgan fingerprint density at radius 2 is 2.16 bits per heavy atom. The van der Waals surface area contributed by atoms with Gasteiger partial charge >= 0.3 is 0 Å². The highest BCUT2D eigenvalue weighted by Crippen LogP contribution is 2.32. The first-order valence-corrected chi connectivity index (χ1v) is 9.68. The first kappa shape index (κ1) is 16.3. The first-order chi connectivity index (χ1) is 12.2. The number of rotatable bonds is 5. The van der Waals surface area contributed by atoms with Crippen LogP contribution in [0.5, 0.6) is 0 Å².